The lowest BCUT2D eigenvalue weighted by atomic mass is 10.1. The number of aromatic nitrogens is 1. The van der Waals surface area contributed by atoms with Gasteiger partial charge in [0.2, 0.25) is 0 Å². The maximum Gasteiger partial charge on any atom is 0.351 e. The largest absolute Gasteiger partial charge is 0.539 e. The average Bonchev–Trinajstić information content (AvgIpc) is 2.49. The fourth-order valence-corrected chi connectivity index (χ4v) is 1.81. The number of nitrogens with one attached hydrogen (secondary N) is 1. The zero-order chi connectivity index (χ0) is 15.0. The van der Waals surface area contributed by atoms with Crippen molar-refractivity contribution in [1.29, 1.82) is 0 Å². The number of carbonyl (C=O) groups is 3. The van der Waals surface area contributed by atoms with Crippen LogP contribution in [0.2, 0.25) is 0 Å². The molecule has 1 amide bonds. The van der Waals surface area contributed by atoms with Gasteiger partial charge < -0.3 is 19.9 Å². The predicted octanol–water partition coefficient (Wildman–Crippen LogP) is -1.05. The Morgan fingerprint density at radius 3 is 2.25 bits per heavy atom. The van der Waals surface area contributed by atoms with E-state index in [9.17, 15) is 4.79 Å². The minimum atomic E-state index is -2.07. The van der Waals surface area contributed by atoms with Crippen molar-refractivity contribution >= 4 is 17.8 Å². The molecule has 1 saturated heterocycles. The summed E-state index contributed by atoms with van der Waals surface area (Å²) in [6.07, 6.45) is 7.11. The minimum absolute atomic E-state index is 0.154. The van der Waals surface area contributed by atoms with Crippen LogP contribution in [0.4, 0.5) is 0 Å². The van der Waals surface area contributed by atoms with Crippen LogP contribution in [0.5, 0.6) is 0 Å². The number of carbonyl (C=O) groups excluding carboxylic acids is 2. The van der Waals surface area contributed by atoms with Gasteiger partial charge in [0.15, 0.2) is 18.4 Å². The Balaban J connectivity index is 0.000000286. The van der Waals surface area contributed by atoms with Gasteiger partial charge in [0.1, 0.15) is 5.56 Å². The molecule has 2 rings (SSSR count). The fraction of sp³-hybridized carbons (Fsp3) is 0.385. The molecular formula is C13H16N2O5. The van der Waals surface area contributed by atoms with Crippen LogP contribution in [0.3, 0.4) is 0 Å². The smallest absolute Gasteiger partial charge is 0.351 e. The van der Waals surface area contributed by atoms with Crippen LogP contribution in [0.15, 0.2) is 24.5 Å². The number of aromatic amines is 1. The van der Waals surface area contributed by atoms with Gasteiger partial charge in [-0.3, -0.25) is 4.79 Å². The van der Waals surface area contributed by atoms with E-state index in [2.05, 4.69) is 4.98 Å². The molecule has 0 unspecified atom stereocenters. The molecule has 20 heavy (non-hydrogen) atoms. The molecule has 0 bridgehead atoms. The molecule has 7 nitrogen and oxygen atoms in total. The van der Waals surface area contributed by atoms with E-state index in [1.807, 2.05) is 23.2 Å². The molecule has 1 aliphatic heterocycles. The van der Waals surface area contributed by atoms with Crippen molar-refractivity contribution in [3.05, 3.63) is 30.1 Å². The van der Waals surface area contributed by atoms with Crippen molar-refractivity contribution in [2.45, 2.75) is 19.3 Å². The van der Waals surface area contributed by atoms with Crippen LogP contribution in [0, 0.1) is 0 Å². The Morgan fingerprint density at radius 2 is 1.80 bits per heavy atom. The van der Waals surface area contributed by atoms with Crippen molar-refractivity contribution in [2.75, 3.05) is 13.1 Å². The summed E-state index contributed by atoms with van der Waals surface area (Å²) < 4.78 is 0. The Kier molecular flexibility index (Phi) is 6.15. The molecule has 7 heteroatoms. The van der Waals surface area contributed by atoms with Crippen LogP contribution in [-0.4, -0.2) is 40.9 Å². The van der Waals surface area contributed by atoms with Gasteiger partial charge in [-0.15, -0.1) is 0 Å². The summed E-state index contributed by atoms with van der Waals surface area (Å²) in [6.45, 7) is 1.82. The summed E-state index contributed by atoms with van der Waals surface area (Å²) in [6, 6.07) is 3.71. The van der Waals surface area contributed by atoms with E-state index in [-0.39, 0.29) is 5.91 Å². The third-order valence-electron chi connectivity index (χ3n) is 2.77. The first-order valence-electron chi connectivity index (χ1n) is 6.22. The zero-order valence-corrected chi connectivity index (χ0v) is 10.9. The Hall–Kier alpha value is -2.44. The molecule has 1 aromatic rings. The first-order valence-corrected chi connectivity index (χ1v) is 6.22. The monoisotopic (exact) mass is 280 g/mol. The van der Waals surface area contributed by atoms with Gasteiger partial charge in [0.25, 0.3) is 5.91 Å². The normalized spacial score (nSPS) is 13.9. The van der Waals surface area contributed by atoms with Crippen molar-refractivity contribution in [3.63, 3.8) is 0 Å². The van der Waals surface area contributed by atoms with E-state index in [1.54, 1.807) is 6.20 Å². The van der Waals surface area contributed by atoms with Gasteiger partial charge in [-0.1, -0.05) is 0 Å². The number of hydrogen-bond donors (Lipinski definition) is 1. The van der Waals surface area contributed by atoms with Gasteiger partial charge in [0, 0.05) is 19.2 Å². The van der Waals surface area contributed by atoms with Crippen LogP contribution >= 0.6 is 0 Å². The van der Waals surface area contributed by atoms with Gasteiger partial charge in [-0.25, -0.2) is 9.78 Å². The molecule has 2 N–H and O–H groups in total. The van der Waals surface area contributed by atoms with Crippen LogP contribution < -0.4 is 10.1 Å². The molecule has 2 heterocycles. The topological polar surface area (TPSA) is 112 Å². The fourth-order valence-electron chi connectivity index (χ4n) is 1.81. The molecule has 0 spiro atoms. The summed E-state index contributed by atoms with van der Waals surface area (Å²) in [5.74, 6) is -3.86. The number of rotatable bonds is 1. The van der Waals surface area contributed by atoms with E-state index in [1.165, 1.54) is 6.42 Å². The van der Waals surface area contributed by atoms with E-state index >= 15 is 0 Å². The number of aliphatic carboxylic acids is 2. The second kappa shape index (κ2) is 7.88. The predicted molar refractivity (Wildman–Crippen MR) is 65.4 cm³/mol. The number of H-pyrrole nitrogens is 1. The zero-order valence-electron chi connectivity index (χ0n) is 10.9. The second-order valence-corrected chi connectivity index (χ2v) is 4.24. The van der Waals surface area contributed by atoms with Crippen LogP contribution in [0.1, 0.15) is 29.6 Å². The number of pyridine rings is 1. The minimum Gasteiger partial charge on any atom is -0.539 e. The molecule has 0 radical (unpaired) electrons. The van der Waals surface area contributed by atoms with Crippen LogP contribution in [0.25, 0.3) is 0 Å². The summed E-state index contributed by atoms with van der Waals surface area (Å²) in [7, 11) is 0. The molecule has 0 atom stereocenters. The number of likely N-dealkylation sites (tertiary alicyclic amines) is 1. The van der Waals surface area contributed by atoms with Gasteiger partial charge >= 0.3 is 5.97 Å². The highest BCUT2D eigenvalue weighted by Gasteiger charge is 2.18. The molecule has 108 valence electrons. The summed E-state index contributed by atoms with van der Waals surface area (Å²) in [5.41, 5.74) is 0.759. The van der Waals surface area contributed by atoms with Gasteiger partial charge in [-0.2, -0.15) is 0 Å². The first kappa shape index (κ1) is 15.6. The molecule has 1 aliphatic rings. The SMILES string of the molecule is O=C([O-])C(=O)O.O=C(c1ccc[nH+]c1)N1CCCCC1. The first-order chi connectivity index (χ1) is 9.52. The molecule has 0 aliphatic carbocycles. The van der Waals surface area contributed by atoms with Crippen LogP contribution in [-0.2, 0) is 9.59 Å². The number of piperidine rings is 1. The highest BCUT2D eigenvalue weighted by molar-refractivity contribution is 6.26. The highest BCUT2D eigenvalue weighted by Crippen LogP contribution is 2.11. The Morgan fingerprint density at radius 1 is 1.20 bits per heavy atom. The van der Waals surface area contributed by atoms with Gasteiger partial charge in [-0.05, 0) is 25.3 Å². The third kappa shape index (κ3) is 5.05. The van der Waals surface area contributed by atoms with Crippen molar-refractivity contribution in [3.8, 4) is 0 Å². The van der Waals surface area contributed by atoms with Gasteiger partial charge in [0.05, 0.1) is 0 Å². The maximum atomic E-state index is 11.9. The molecule has 1 fully saturated rings. The number of hydrogen-bond acceptors (Lipinski definition) is 4. The Labute approximate surface area is 115 Å². The third-order valence-corrected chi connectivity index (χ3v) is 2.77. The summed E-state index contributed by atoms with van der Waals surface area (Å²) >= 11 is 0. The number of carboxylic acid groups (broad SMARTS) is 2. The molecular weight excluding hydrogens is 264 g/mol. The lowest BCUT2D eigenvalue weighted by Gasteiger charge is -2.26. The summed E-state index contributed by atoms with van der Waals surface area (Å²) in [5, 5.41) is 16.3. The average molecular weight is 280 g/mol. The second-order valence-electron chi connectivity index (χ2n) is 4.24. The number of nitrogens with zero attached hydrogens (tertiary/aromatic N) is 1. The molecule has 0 saturated carbocycles. The molecule has 1 aromatic heterocycles. The highest BCUT2D eigenvalue weighted by atomic mass is 16.4. The van der Waals surface area contributed by atoms with Crippen molar-refractivity contribution in [1.82, 2.24) is 4.90 Å². The quantitative estimate of drug-likeness (QED) is 0.659. The standard InChI is InChI=1S/C11H14N2O.C2H2O4/c14-11(10-5-4-6-12-9-10)13-7-2-1-3-8-13;3-1(4)2(5)6/h4-6,9H,1-3,7-8H2;(H,3,4)(H,5,6). The maximum absolute atomic E-state index is 11.9. The summed E-state index contributed by atoms with van der Waals surface area (Å²) in [4.78, 5) is 34.8. The van der Waals surface area contributed by atoms with E-state index in [0.29, 0.717) is 0 Å². The van der Waals surface area contributed by atoms with Crippen molar-refractivity contribution < 1.29 is 29.6 Å². The molecule has 0 aromatic carbocycles. The number of amides is 1. The Bertz CT molecular complexity index is 457. The van der Waals surface area contributed by atoms with E-state index in [0.717, 1.165) is 31.5 Å². The van der Waals surface area contributed by atoms with E-state index < -0.39 is 11.9 Å². The number of carboxylic acids is 2. The lowest BCUT2D eigenvalue weighted by Crippen LogP contribution is -2.35. The van der Waals surface area contributed by atoms with E-state index in [4.69, 9.17) is 19.8 Å². The lowest BCUT2D eigenvalue weighted by molar-refractivity contribution is -0.378. The van der Waals surface area contributed by atoms with Crippen molar-refractivity contribution in [2.24, 2.45) is 0 Å².